The van der Waals surface area contributed by atoms with Crippen LogP contribution >= 0.6 is 11.6 Å². The molecule has 1 aliphatic rings. The highest BCUT2D eigenvalue weighted by Crippen LogP contribution is 2.22. The van der Waals surface area contributed by atoms with Gasteiger partial charge in [-0.3, -0.25) is 4.79 Å². The lowest BCUT2D eigenvalue weighted by Crippen LogP contribution is -2.41. The lowest BCUT2D eigenvalue weighted by molar-refractivity contribution is -0.131. The molecule has 1 saturated carbocycles. The zero-order valence-electron chi connectivity index (χ0n) is 8.42. The molecule has 0 spiro atoms. The third kappa shape index (κ3) is 2.87. The fourth-order valence-electron chi connectivity index (χ4n) is 1.93. The Balaban J connectivity index is 2.45. The van der Waals surface area contributed by atoms with Gasteiger partial charge in [0.25, 0.3) is 0 Å². The maximum Gasteiger partial charge on any atom is 0.240 e. The second-order valence-corrected chi connectivity index (χ2v) is 4.51. The first-order chi connectivity index (χ1) is 6.13. The van der Waals surface area contributed by atoms with Gasteiger partial charge in [-0.2, -0.15) is 0 Å². The number of amides is 1. The van der Waals surface area contributed by atoms with Crippen LogP contribution in [0, 0.1) is 0 Å². The molecule has 0 heterocycles. The van der Waals surface area contributed by atoms with Crippen molar-refractivity contribution in [3.05, 3.63) is 0 Å². The molecule has 0 saturated heterocycles. The standard InChI is InChI=1S/C10H18ClNO/c1-8(11)10(13)12(2)9-6-4-3-5-7-9/h8-9H,3-7H2,1-2H3/t8-/m0/s1. The van der Waals surface area contributed by atoms with Crippen LogP contribution in [0.5, 0.6) is 0 Å². The zero-order valence-corrected chi connectivity index (χ0v) is 9.18. The summed E-state index contributed by atoms with van der Waals surface area (Å²) in [6.07, 6.45) is 6.10. The average Bonchev–Trinajstić information content (AvgIpc) is 2.17. The van der Waals surface area contributed by atoms with Crippen molar-refractivity contribution in [2.45, 2.75) is 50.4 Å². The Morgan fingerprint density at radius 2 is 1.92 bits per heavy atom. The number of halogens is 1. The van der Waals surface area contributed by atoms with Gasteiger partial charge in [0.2, 0.25) is 5.91 Å². The second kappa shape index (κ2) is 4.85. The van der Waals surface area contributed by atoms with Crippen molar-refractivity contribution in [2.75, 3.05) is 7.05 Å². The number of carbonyl (C=O) groups excluding carboxylic acids is 1. The van der Waals surface area contributed by atoms with E-state index in [4.69, 9.17) is 11.6 Å². The third-order valence-corrected chi connectivity index (χ3v) is 3.00. The molecule has 1 atom stereocenters. The van der Waals surface area contributed by atoms with E-state index in [1.807, 2.05) is 11.9 Å². The minimum absolute atomic E-state index is 0.0635. The van der Waals surface area contributed by atoms with Crippen LogP contribution in [0.15, 0.2) is 0 Å². The molecule has 0 unspecified atom stereocenters. The fraction of sp³-hybridized carbons (Fsp3) is 0.900. The maximum absolute atomic E-state index is 11.5. The predicted molar refractivity (Wildman–Crippen MR) is 55.0 cm³/mol. The van der Waals surface area contributed by atoms with Gasteiger partial charge in [-0.25, -0.2) is 0 Å². The Bertz CT molecular complexity index is 176. The van der Waals surface area contributed by atoms with Crippen molar-refractivity contribution in [1.82, 2.24) is 4.90 Å². The highest BCUT2D eigenvalue weighted by molar-refractivity contribution is 6.30. The summed E-state index contributed by atoms with van der Waals surface area (Å²) in [6, 6.07) is 0.433. The summed E-state index contributed by atoms with van der Waals surface area (Å²) in [5.74, 6) is 0.0635. The first-order valence-electron chi connectivity index (χ1n) is 5.03. The van der Waals surface area contributed by atoms with Crippen LogP contribution in [0.1, 0.15) is 39.0 Å². The van der Waals surface area contributed by atoms with E-state index in [0.29, 0.717) is 6.04 Å². The number of hydrogen-bond acceptors (Lipinski definition) is 1. The Hall–Kier alpha value is -0.240. The Labute approximate surface area is 85.2 Å². The molecule has 1 aliphatic carbocycles. The van der Waals surface area contributed by atoms with Gasteiger partial charge in [0, 0.05) is 13.1 Å². The molecule has 3 heteroatoms. The number of hydrogen-bond donors (Lipinski definition) is 0. The van der Waals surface area contributed by atoms with Crippen molar-refractivity contribution in [3.63, 3.8) is 0 Å². The molecular weight excluding hydrogens is 186 g/mol. The van der Waals surface area contributed by atoms with Gasteiger partial charge < -0.3 is 4.90 Å². The maximum atomic E-state index is 11.5. The van der Waals surface area contributed by atoms with Crippen LogP contribution in [0.3, 0.4) is 0 Å². The molecule has 0 radical (unpaired) electrons. The first-order valence-corrected chi connectivity index (χ1v) is 5.47. The fourth-order valence-corrected chi connectivity index (χ4v) is 2.08. The van der Waals surface area contributed by atoms with Crippen LogP contribution in [-0.2, 0) is 4.79 Å². The highest BCUT2D eigenvalue weighted by Gasteiger charge is 2.24. The molecule has 13 heavy (non-hydrogen) atoms. The van der Waals surface area contributed by atoms with Gasteiger partial charge in [-0.05, 0) is 19.8 Å². The summed E-state index contributed by atoms with van der Waals surface area (Å²) < 4.78 is 0. The van der Waals surface area contributed by atoms with E-state index in [2.05, 4.69) is 0 Å². The van der Waals surface area contributed by atoms with Gasteiger partial charge in [0.15, 0.2) is 0 Å². The zero-order chi connectivity index (χ0) is 9.84. The van der Waals surface area contributed by atoms with Crippen LogP contribution in [-0.4, -0.2) is 29.3 Å². The van der Waals surface area contributed by atoms with Gasteiger partial charge in [0.1, 0.15) is 5.38 Å². The minimum atomic E-state index is -0.382. The number of rotatable bonds is 2. The van der Waals surface area contributed by atoms with Gasteiger partial charge in [0.05, 0.1) is 0 Å². The van der Waals surface area contributed by atoms with Gasteiger partial charge >= 0.3 is 0 Å². The molecular formula is C10H18ClNO. The van der Waals surface area contributed by atoms with E-state index in [1.54, 1.807) is 6.92 Å². The van der Waals surface area contributed by atoms with Crippen molar-refractivity contribution in [3.8, 4) is 0 Å². The molecule has 1 fully saturated rings. The lowest BCUT2D eigenvalue weighted by atomic mass is 9.94. The van der Waals surface area contributed by atoms with E-state index < -0.39 is 0 Å². The normalized spacial score (nSPS) is 21.2. The highest BCUT2D eigenvalue weighted by atomic mass is 35.5. The molecule has 0 aromatic rings. The van der Waals surface area contributed by atoms with Crippen molar-refractivity contribution < 1.29 is 4.79 Å². The first kappa shape index (κ1) is 10.8. The smallest absolute Gasteiger partial charge is 0.240 e. The van der Waals surface area contributed by atoms with Crippen LogP contribution in [0.25, 0.3) is 0 Å². The Morgan fingerprint density at radius 3 is 2.38 bits per heavy atom. The summed E-state index contributed by atoms with van der Waals surface area (Å²) in [6.45, 7) is 1.74. The summed E-state index contributed by atoms with van der Waals surface area (Å²) in [5, 5.41) is -0.382. The molecule has 76 valence electrons. The van der Waals surface area contributed by atoms with Crippen molar-refractivity contribution >= 4 is 17.5 Å². The number of nitrogens with zero attached hydrogens (tertiary/aromatic N) is 1. The Kier molecular flexibility index (Phi) is 4.04. The van der Waals surface area contributed by atoms with E-state index in [0.717, 1.165) is 12.8 Å². The molecule has 0 aromatic heterocycles. The topological polar surface area (TPSA) is 20.3 Å². The van der Waals surface area contributed by atoms with E-state index in [1.165, 1.54) is 19.3 Å². The molecule has 0 bridgehead atoms. The SMILES string of the molecule is C[C@H](Cl)C(=O)N(C)C1CCCCC1. The van der Waals surface area contributed by atoms with Crippen LogP contribution in [0.4, 0.5) is 0 Å². The van der Waals surface area contributed by atoms with Gasteiger partial charge in [-0.15, -0.1) is 11.6 Å². The molecule has 2 nitrogen and oxygen atoms in total. The van der Waals surface area contributed by atoms with Gasteiger partial charge in [-0.1, -0.05) is 19.3 Å². The Morgan fingerprint density at radius 1 is 1.38 bits per heavy atom. The molecule has 0 N–H and O–H groups in total. The van der Waals surface area contributed by atoms with Crippen molar-refractivity contribution in [1.29, 1.82) is 0 Å². The molecule has 0 aliphatic heterocycles. The summed E-state index contributed by atoms with van der Waals surface area (Å²) >= 11 is 5.75. The lowest BCUT2D eigenvalue weighted by Gasteiger charge is -2.31. The largest absolute Gasteiger partial charge is 0.342 e. The quantitative estimate of drug-likeness (QED) is 0.632. The summed E-state index contributed by atoms with van der Waals surface area (Å²) in [7, 11) is 1.87. The van der Waals surface area contributed by atoms with E-state index in [9.17, 15) is 4.79 Å². The van der Waals surface area contributed by atoms with Crippen LogP contribution in [0.2, 0.25) is 0 Å². The second-order valence-electron chi connectivity index (χ2n) is 3.86. The third-order valence-electron chi connectivity index (χ3n) is 2.81. The van der Waals surface area contributed by atoms with Crippen molar-refractivity contribution in [2.24, 2.45) is 0 Å². The predicted octanol–water partition coefficient (Wildman–Crippen LogP) is 2.40. The van der Waals surface area contributed by atoms with E-state index in [-0.39, 0.29) is 11.3 Å². The number of alkyl halides is 1. The van der Waals surface area contributed by atoms with E-state index >= 15 is 0 Å². The summed E-state index contributed by atoms with van der Waals surface area (Å²) in [4.78, 5) is 13.4. The molecule has 0 aromatic carbocycles. The van der Waals surface area contributed by atoms with Crippen LogP contribution < -0.4 is 0 Å². The monoisotopic (exact) mass is 203 g/mol. The average molecular weight is 204 g/mol. The summed E-state index contributed by atoms with van der Waals surface area (Å²) in [5.41, 5.74) is 0. The molecule has 1 amide bonds. The number of carbonyl (C=O) groups is 1. The minimum Gasteiger partial charge on any atom is -0.342 e. The molecule has 1 rings (SSSR count).